The van der Waals surface area contributed by atoms with Crippen molar-refractivity contribution >= 4 is 16.8 Å². The van der Waals surface area contributed by atoms with Crippen LogP contribution in [0.5, 0.6) is 17.2 Å². The molecule has 4 aromatic rings. The van der Waals surface area contributed by atoms with E-state index in [1.54, 1.807) is 25.3 Å². The fourth-order valence-corrected chi connectivity index (χ4v) is 4.20. The number of aromatic amines is 1. The number of aromatic nitrogens is 1. The number of nitrogens with zero attached hydrogens (tertiary/aromatic N) is 1. The van der Waals surface area contributed by atoms with Crippen molar-refractivity contribution in [1.82, 2.24) is 10.3 Å². The zero-order valence-corrected chi connectivity index (χ0v) is 20.4. The molecule has 7 heteroatoms. The van der Waals surface area contributed by atoms with Crippen LogP contribution in [0.25, 0.3) is 10.9 Å². The Morgan fingerprint density at radius 1 is 1.03 bits per heavy atom. The van der Waals surface area contributed by atoms with Crippen LogP contribution < -0.4 is 19.5 Å². The molecule has 2 N–H and O–H groups in total. The lowest BCUT2D eigenvalue weighted by Crippen LogP contribution is -2.29. The molecule has 3 aromatic carbocycles. The molecular weight excluding hydrogens is 454 g/mol. The summed E-state index contributed by atoms with van der Waals surface area (Å²) < 4.78 is 16.4. The molecule has 0 radical (unpaired) electrons. The molecule has 0 saturated heterocycles. The lowest BCUT2D eigenvalue weighted by atomic mass is 9.90. The largest absolute Gasteiger partial charge is 0.497 e. The molecule has 0 aliphatic rings. The van der Waals surface area contributed by atoms with Crippen molar-refractivity contribution in [2.75, 3.05) is 27.4 Å². The van der Waals surface area contributed by atoms with E-state index in [2.05, 4.69) is 22.4 Å². The summed E-state index contributed by atoms with van der Waals surface area (Å²) in [7, 11) is 3.18. The molecule has 184 valence electrons. The van der Waals surface area contributed by atoms with Crippen LogP contribution in [0.1, 0.15) is 35.4 Å². The molecule has 0 fully saturated rings. The lowest BCUT2D eigenvalue weighted by molar-refractivity contribution is -0.121. The Kier molecular flexibility index (Phi) is 8.09. The molecule has 1 unspecified atom stereocenters. The Morgan fingerprint density at radius 2 is 1.83 bits per heavy atom. The number of carbonyl (C=O) groups is 1. The van der Waals surface area contributed by atoms with Gasteiger partial charge in [0, 0.05) is 42.0 Å². The van der Waals surface area contributed by atoms with E-state index >= 15 is 0 Å². The summed E-state index contributed by atoms with van der Waals surface area (Å²) in [5.74, 6) is 1.79. The number of nitriles is 1. The van der Waals surface area contributed by atoms with Gasteiger partial charge in [-0.25, -0.2) is 0 Å². The van der Waals surface area contributed by atoms with E-state index in [1.165, 1.54) is 7.11 Å². The second-order valence-electron chi connectivity index (χ2n) is 8.35. The first-order valence-electron chi connectivity index (χ1n) is 11.8. The molecule has 4 rings (SSSR count). The molecule has 36 heavy (non-hydrogen) atoms. The van der Waals surface area contributed by atoms with E-state index in [9.17, 15) is 4.79 Å². The second kappa shape index (κ2) is 11.8. The van der Waals surface area contributed by atoms with Gasteiger partial charge in [-0.05, 0) is 47.9 Å². The van der Waals surface area contributed by atoms with Crippen molar-refractivity contribution in [2.45, 2.75) is 18.8 Å². The van der Waals surface area contributed by atoms with E-state index in [1.807, 2.05) is 48.7 Å². The number of rotatable bonds is 11. The van der Waals surface area contributed by atoms with Crippen molar-refractivity contribution in [1.29, 1.82) is 5.26 Å². The van der Waals surface area contributed by atoms with Crippen LogP contribution >= 0.6 is 0 Å². The molecular formula is C29H29N3O4. The smallest absolute Gasteiger partial charge is 0.220 e. The standard InChI is InChI=1S/C29H29N3O4/c1-34-22-12-10-21(11-13-22)24(25-19-31-26-7-4-3-6-23(25)26)18-32-29(33)8-5-15-36-27-14-9-20(17-30)16-28(27)35-2/h3-4,6-7,9-14,16,19,24,31H,5,8,15,18H2,1-2H3,(H,32,33). The van der Waals surface area contributed by atoms with Crippen LogP contribution in [0.3, 0.4) is 0 Å². The number of hydrogen-bond donors (Lipinski definition) is 2. The summed E-state index contributed by atoms with van der Waals surface area (Å²) in [5.41, 5.74) is 3.79. The number of benzene rings is 3. The van der Waals surface area contributed by atoms with Crippen LogP contribution in [0.2, 0.25) is 0 Å². The van der Waals surface area contributed by atoms with E-state index < -0.39 is 0 Å². The molecule has 1 heterocycles. The van der Waals surface area contributed by atoms with E-state index in [4.69, 9.17) is 19.5 Å². The van der Waals surface area contributed by atoms with Gasteiger partial charge in [-0.15, -0.1) is 0 Å². The number of amides is 1. The molecule has 0 aliphatic carbocycles. The third-order valence-corrected chi connectivity index (χ3v) is 6.12. The summed E-state index contributed by atoms with van der Waals surface area (Å²) in [6, 6.07) is 23.2. The van der Waals surface area contributed by atoms with E-state index in [-0.39, 0.29) is 11.8 Å². The average Bonchev–Trinajstić information content (AvgIpc) is 3.35. The van der Waals surface area contributed by atoms with Gasteiger partial charge in [0.05, 0.1) is 32.5 Å². The maximum Gasteiger partial charge on any atom is 0.220 e. The van der Waals surface area contributed by atoms with Gasteiger partial charge in [0.2, 0.25) is 5.91 Å². The van der Waals surface area contributed by atoms with Crippen molar-refractivity contribution < 1.29 is 19.0 Å². The van der Waals surface area contributed by atoms with E-state index in [0.29, 0.717) is 43.1 Å². The number of fused-ring (bicyclic) bond motifs is 1. The predicted octanol–water partition coefficient (Wildman–Crippen LogP) is 5.16. The predicted molar refractivity (Wildman–Crippen MR) is 139 cm³/mol. The fourth-order valence-electron chi connectivity index (χ4n) is 4.20. The highest BCUT2D eigenvalue weighted by Gasteiger charge is 2.19. The monoisotopic (exact) mass is 483 g/mol. The second-order valence-corrected chi connectivity index (χ2v) is 8.35. The summed E-state index contributed by atoms with van der Waals surface area (Å²) in [5, 5.41) is 13.3. The molecule has 1 amide bonds. The van der Waals surface area contributed by atoms with Gasteiger partial charge < -0.3 is 24.5 Å². The Bertz CT molecular complexity index is 1360. The zero-order valence-electron chi connectivity index (χ0n) is 20.4. The molecule has 1 aromatic heterocycles. The molecule has 1 atom stereocenters. The highest BCUT2D eigenvalue weighted by molar-refractivity contribution is 5.84. The van der Waals surface area contributed by atoms with Gasteiger partial charge in [0.1, 0.15) is 5.75 Å². The zero-order chi connectivity index (χ0) is 25.3. The maximum atomic E-state index is 12.7. The molecule has 0 saturated carbocycles. The first-order valence-corrected chi connectivity index (χ1v) is 11.8. The summed E-state index contributed by atoms with van der Waals surface area (Å²) in [6.45, 7) is 0.831. The van der Waals surface area contributed by atoms with Crippen LogP contribution in [-0.4, -0.2) is 38.3 Å². The van der Waals surface area contributed by atoms with Crippen molar-refractivity contribution in [3.8, 4) is 23.3 Å². The molecule has 0 spiro atoms. The Labute approximate surface area is 210 Å². The minimum Gasteiger partial charge on any atom is -0.497 e. The number of nitrogens with one attached hydrogen (secondary N) is 2. The number of para-hydroxylation sites is 1. The Hall–Kier alpha value is -4.44. The van der Waals surface area contributed by atoms with Gasteiger partial charge >= 0.3 is 0 Å². The van der Waals surface area contributed by atoms with Gasteiger partial charge in [-0.2, -0.15) is 5.26 Å². The topological polar surface area (TPSA) is 96.4 Å². The van der Waals surface area contributed by atoms with Crippen molar-refractivity contribution in [3.05, 3.63) is 89.6 Å². The SMILES string of the molecule is COc1ccc(C(CNC(=O)CCCOc2ccc(C#N)cc2OC)c2c[nH]c3ccccc23)cc1. The van der Waals surface area contributed by atoms with E-state index in [0.717, 1.165) is 27.8 Å². The molecule has 0 aliphatic heterocycles. The Balaban J connectivity index is 1.37. The maximum absolute atomic E-state index is 12.7. The fraction of sp³-hybridized carbons (Fsp3) is 0.241. The summed E-state index contributed by atoms with van der Waals surface area (Å²) in [4.78, 5) is 16.0. The summed E-state index contributed by atoms with van der Waals surface area (Å²) >= 11 is 0. The minimum absolute atomic E-state index is 0.0184. The highest BCUT2D eigenvalue weighted by atomic mass is 16.5. The third kappa shape index (κ3) is 5.78. The van der Waals surface area contributed by atoms with Crippen LogP contribution in [0.15, 0.2) is 72.9 Å². The minimum atomic E-state index is -0.0382. The van der Waals surface area contributed by atoms with Gasteiger partial charge in [-0.3, -0.25) is 4.79 Å². The average molecular weight is 484 g/mol. The number of carbonyl (C=O) groups excluding carboxylic acids is 1. The first kappa shape index (κ1) is 24.7. The third-order valence-electron chi connectivity index (χ3n) is 6.12. The lowest BCUT2D eigenvalue weighted by Gasteiger charge is -2.19. The number of H-pyrrole nitrogens is 1. The summed E-state index contributed by atoms with van der Waals surface area (Å²) in [6.07, 6.45) is 2.90. The number of methoxy groups -OCH3 is 2. The molecule has 0 bridgehead atoms. The first-order chi connectivity index (χ1) is 17.6. The van der Waals surface area contributed by atoms with Gasteiger partial charge in [0.15, 0.2) is 11.5 Å². The Morgan fingerprint density at radius 3 is 2.58 bits per heavy atom. The van der Waals surface area contributed by atoms with Crippen LogP contribution in [0.4, 0.5) is 0 Å². The highest BCUT2D eigenvalue weighted by Crippen LogP contribution is 2.31. The van der Waals surface area contributed by atoms with Gasteiger partial charge in [-0.1, -0.05) is 30.3 Å². The van der Waals surface area contributed by atoms with Crippen LogP contribution in [0, 0.1) is 11.3 Å². The molecule has 7 nitrogen and oxygen atoms in total. The quantitative estimate of drug-likeness (QED) is 0.287. The normalized spacial score (nSPS) is 11.5. The number of ether oxygens (including phenoxy) is 3. The van der Waals surface area contributed by atoms with Crippen molar-refractivity contribution in [3.63, 3.8) is 0 Å². The van der Waals surface area contributed by atoms with Crippen LogP contribution in [-0.2, 0) is 4.79 Å². The number of hydrogen-bond acceptors (Lipinski definition) is 5. The van der Waals surface area contributed by atoms with Crippen molar-refractivity contribution in [2.24, 2.45) is 0 Å². The van der Waals surface area contributed by atoms with Gasteiger partial charge in [0.25, 0.3) is 0 Å².